The van der Waals surface area contributed by atoms with E-state index in [1.807, 2.05) is 12.1 Å². The summed E-state index contributed by atoms with van der Waals surface area (Å²) < 4.78 is 4.32. The van der Waals surface area contributed by atoms with E-state index in [-0.39, 0.29) is 6.61 Å². The van der Waals surface area contributed by atoms with E-state index in [9.17, 15) is 4.79 Å². The molecule has 2 nitrogen and oxygen atoms in total. The summed E-state index contributed by atoms with van der Waals surface area (Å²) in [5.41, 5.74) is 2.55. The molecule has 0 heterocycles. The lowest BCUT2D eigenvalue weighted by Crippen LogP contribution is -1.84. The summed E-state index contributed by atoms with van der Waals surface area (Å²) >= 11 is 0. The van der Waals surface area contributed by atoms with Crippen LogP contribution in [0.15, 0.2) is 60.7 Å². The van der Waals surface area contributed by atoms with Gasteiger partial charge in [0.25, 0.3) is 0 Å². The van der Waals surface area contributed by atoms with Gasteiger partial charge in [-0.3, -0.25) is 0 Å². The summed E-state index contributed by atoms with van der Waals surface area (Å²) in [5.74, 6) is 0. The van der Waals surface area contributed by atoms with E-state index >= 15 is 0 Å². The summed E-state index contributed by atoms with van der Waals surface area (Å²) in [5, 5.41) is 0. The van der Waals surface area contributed by atoms with Crippen molar-refractivity contribution in [1.29, 1.82) is 0 Å². The molecule has 0 bridgehead atoms. The van der Waals surface area contributed by atoms with Gasteiger partial charge in [-0.2, -0.15) is 0 Å². The molecule has 88 valence electrons. The highest BCUT2D eigenvalue weighted by Gasteiger charge is 1.91. The van der Waals surface area contributed by atoms with Gasteiger partial charge in [-0.05, 0) is 11.1 Å². The van der Waals surface area contributed by atoms with E-state index in [0.29, 0.717) is 6.29 Å². The summed E-state index contributed by atoms with van der Waals surface area (Å²) in [6.45, 7) is 0.208. The molecule has 0 aliphatic heterocycles. The number of hydrogen-bond donors (Lipinski definition) is 0. The number of benzene rings is 2. The maximum absolute atomic E-state index is 9.28. The zero-order valence-electron chi connectivity index (χ0n) is 9.87. The molecule has 2 aromatic carbocycles. The van der Waals surface area contributed by atoms with Crippen LogP contribution in [-0.2, 0) is 9.53 Å². The smallest absolute Gasteiger partial charge is 0.145 e. The predicted molar refractivity (Wildman–Crippen MR) is 69.8 cm³/mol. The lowest BCUT2D eigenvalue weighted by atomic mass is 10.1. The molecule has 0 aliphatic rings. The Morgan fingerprint density at radius 3 is 1.53 bits per heavy atom. The highest BCUT2D eigenvalue weighted by Crippen LogP contribution is 2.17. The van der Waals surface area contributed by atoms with Gasteiger partial charge >= 0.3 is 0 Å². The third-order valence-corrected chi connectivity index (χ3v) is 2.12. The van der Waals surface area contributed by atoms with Gasteiger partial charge in [0.2, 0.25) is 0 Å². The molecule has 0 unspecified atom stereocenters. The van der Waals surface area contributed by atoms with Crippen molar-refractivity contribution in [3.05, 3.63) is 60.7 Å². The standard InChI is InChI=1S/C12H10.C3H6O2/c1-3-7-11(8-4-1)12-9-5-2-6-10-12;1-5-3-2-4/h1-10H;2H,3H2,1H3. The van der Waals surface area contributed by atoms with E-state index in [1.165, 1.54) is 18.2 Å². The minimum Gasteiger partial charge on any atom is -0.377 e. The van der Waals surface area contributed by atoms with Crippen molar-refractivity contribution in [2.45, 2.75) is 0 Å². The van der Waals surface area contributed by atoms with Crippen molar-refractivity contribution in [3.63, 3.8) is 0 Å². The fourth-order valence-corrected chi connectivity index (χ4v) is 1.33. The number of hydrogen-bond acceptors (Lipinski definition) is 2. The summed E-state index contributed by atoms with van der Waals surface area (Å²) in [6.07, 6.45) is 0.708. The van der Waals surface area contributed by atoms with Crippen molar-refractivity contribution in [2.24, 2.45) is 0 Å². The lowest BCUT2D eigenvalue weighted by molar-refractivity contribution is -0.110. The fourth-order valence-electron chi connectivity index (χ4n) is 1.33. The van der Waals surface area contributed by atoms with Gasteiger partial charge in [0.15, 0.2) is 0 Å². The van der Waals surface area contributed by atoms with Gasteiger partial charge in [-0.25, -0.2) is 0 Å². The van der Waals surface area contributed by atoms with Crippen molar-refractivity contribution < 1.29 is 9.53 Å². The van der Waals surface area contributed by atoms with Crippen molar-refractivity contribution in [3.8, 4) is 11.1 Å². The summed E-state index contributed by atoms with van der Waals surface area (Å²) in [4.78, 5) is 9.28. The first-order valence-corrected chi connectivity index (χ1v) is 5.41. The maximum atomic E-state index is 9.28. The molecule has 0 aliphatic carbocycles. The van der Waals surface area contributed by atoms with Gasteiger partial charge in [0, 0.05) is 7.11 Å². The van der Waals surface area contributed by atoms with Gasteiger partial charge in [-0.1, -0.05) is 60.7 Å². The minimum absolute atomic E-state index is 0.208. The molecular weight excluding hydrogens is 212 g/mol. The van der Waals surface area contributed by atoms with Crippen LogP contribution in [0.2, 0.25) is 0 Å². The average Bonchev–Trinajstić information content (AvgIpc) is 2.42. The third kappa shape index (κ3) is 5.09. The number of methoxy groups -OCH3 is 1. The Morgan fingerprint density at radius 2 is 1.29 bits per heavy atom. The molecule has 2 aromatic rings. The van der Waals surface area contributed by atoms with Crippen LogP contribution in [0.5, 0.6) is 0 Å². The second-order valence-electron chi connectivity index (χ2n) is 3.35. The van der Waals surface area contributed by atoms with Crippen LogP contribution < -0.4 is 0 Å². The first-order chi connectivity index (χ1) is 8.38. The monoisotopic (exact) mass is 228 g/mol. The number of aldehydes is 1. The average molecular weight is 228 g/mol. The number of ether oxygens (including phenoxy) is 1. The van der Waals surface area contributed by atoms with Crippen LogP contribution in [0.25, 0.3) is 11.1 Å². The van der Waals surface area contributed by atoms with Crippen LogP contribution in [0.1, 0.15) is 0 Å². The highest BCUT2D eigenvalue weighted by molar-refractivity contribution is 5.62. The molecule has 0 saturated carbocycles. The molecule has 0 spiro atoms. The Hall–Kier alpha value is -1.93. The molecule has 2 heteroatoms. The number of carbonyl (C=O) groups excluding carboxylic acids is 1. The van der Waals surface area contributed by atoms with Crippen LogP contribution >= 0.6 is 0 Å². The number of carbonyl (C=O) groups is 1. The maximum Gasteiger partial charge on any atom is 0.145 e. The molecule has 0 fully saturated rings. The van der Waals surface area contributed by atoms with Crippen LogP contribution in [0, 0.1) is 0 Å². The summed E-state index contributed by atoms with van der Waals surface area (Å²) in [7, 11) is 1.48. The Morgan fingerprint density at radius 1 is 0.882 bits per heavy atom. The topological polar surface area (TPSA) is 26.3 Å². The molecule has 0 N–H and O–H groups in total. The van der Waals surface area contributed by atoms with Crippen molar-refractivity contribution in [1.82, 2.24) is 0 Å². The summed E-state index contributed by atoms with van der Waals surface area (Å²) in [6, 6.07) is 20.8. The Balaban J connectivity index is 0.000000249. The van der Waals surface area contributed by atoms with Crippen LogP contribution in [-0.4, -0.2) is 20.0 Å². The van der Waals surface area contributed by atoms with Gasteiger partial charge in [0.1, 0.15) is 12.9 Å². The Bertz CT molecular complexity index is 372. The Labute approximate surface area is 102 Å². The van der Waals surface area contributed by atoms with Gasteiger partial charge in [-0.15, -0.1) is 0 Å². The van der Waals surface area contributed by atoms with E-state index < -0.39 is 0 Å². The van der Waals surface area contributed by atoms with Crippen molar-refractivity contribution >= 4 is 6.29 Å². The normalized spacial score (nSPS) is 9.00. The van der Waals surface area contributed by atoms with E-state index in [2.05, 4.69) is 53.3 Å². The molecule has 0 amide bonds. The predicted octanol–water partition coefficient (Wildman–Crippen LogP) is 3.19. The molecule has 0 aromatic heterocycles. The van der Waals surface area contributed by atoms with Crippen molar-refractivity contribution in [2.75, 3.05) is 13.7 Å². The first-order valence-electron chi connectivity index (χ1n) is 5.41. The molecule has 0 saturated heterocycles. The first kappa shape index (κ1) is 13.1. The lowest BCUT2D eigenvalue weighted by Gasteiger charge is -1.98. The van der Waals surface area contributed by atoms with Crippen LogP contribution in [0.3, 0.4) is 0 Å². The molecule has 0 atom stereocenters. The van der Waals surface area contributed by atoms with Gasteiger partial charge < -0.3 is 9.53 Å². The van der Waals surface area contributed by atoms with E-state index in [4.69, 9.17) is 0 Å². The zero-order valence-corrected chi connectivity index (χ0v) is 9.87. The third-order valence-electron chi connectivity index (χ3n) is 2.12. The van der Waals surface area contributed by atoms with Crippen LogP contribution in [0.4, 0.5) is 0 Å². The molecule has 2 rings (SSSR count). The molecule has 0 radical (unpaired) electrons. The SMILES string of the molecule is COCC=O.c1ccc(-c2ccccc2)cc1. The Kier molecular flexibility index (Phi) is 6.37. The van der Waals surface area contributed by atoms with Gasteiger partial charge in [0.05, 0.1) is 0 Å². The quantitative estimate of drug-likeness (QED) is 0.754. The van der Waals surface area contributed by atoms with E-state index in [1.54, 1.807) is 0 Å². The zero-order chi connectivity index (χ0) is 12.3. The molecule has 17 heavy (non-hydrogen) atoms. The molecular formula is C15H16O2. The van der Waals surface area contributed by atoms with E-state index in [0.717, 1.165) is 0 Å². The fraction of sp³-hybridized carbons (Fsp3) is 0.133. The number of rotatable bonds is 3. The largest absolute Gasteiger partial charge is 0.377 e. The second-order valence-corrected chi connectivity index (χ2v) is 3.35. The highest BCUT2D eigenvalue weighted by atomic mass is 16.5. The minimum atomic E-state index is 0.208. The second kappa shape index (κ2) is 8.25.